The van der Waals surface area contributed by atoms with Crippen LogP contribution in [-0.2, 0) is 11.3 Å². The largest absolute Gasteiger partial charge is 0.356 e. The number of carbonyl (C=O) groups is 1. The molecular formula is C24H34ClN5OS. The Bertz CT molecular complexity index is 840. The summed E-state index contributed by atoms with van der Waals surface area (Å²) in [5.74, 6) is 1.16. The number of anilines is 1. The standard InChI is InChI=1S/C24H34ClN5OS/c1-3-12-30(13-4-2)22-16-21(25)27-24(28-22)32-18-23(31)26-20-10-14-29(15-11-20)17-19-8-6-5-7-9-19/h5-9,16,20H,3-4,10-15,17-18H2,1-2H3,(H,26,31). The zero-order valence-corrected chi connectivity index (χ0v) is 20.7. The molecule has 3 rings (SSSR count). The Morgan fingerprint density at radius 3 is 2.50 bits per heavy atom. The molecule has 1 aliphatic heterocycles. The Hall–Kier alpha value is -1.83. The van der Waals surface area contributed by atoms with Gasteiger partial charge in [0.2, 0.25) is 5.91 Å². The van der Waals surface area contributed by atoms with Gasteiger partial charge < -0.3 is 10.2 Å². The summed E-state index contributed by atoms with van der Waals surface area (Å²) in [6, 6.07) is 12.6. The lowest BCUT2D eigenvalue weighted by Crippen LogP contribution is -2.44. The van der Waals surface area contributed by atoms with E-state index in [1.54, 1.807) is 6.07 Å². The van der Waals surface area contributed by atoms with Crippen LogP contribution in [0.15, 0.2) is 41.6 Å². The molecule has 1 aromatic carbocycles. The Morgan fingerprint density at radius 2 is 1.84 bits per heavy atom. The third kappa shape index (κ3) is 7.94. The average Bonchev–Trinajstić information content (AvgIpc) is 2.79. The van der Waals surface area contributed by atoms with Crippen molar-refractivity contribution in [3.8, 4) is 0 Å². The molecule has 2 heterocycles. The van der Waals surface area contributed by atoms with E-state index in [1.807, 2.05) is 6.07 Å². The van der Waals surface area contributed by atoms with Crippen LogP contribution in [0.4, 0.5) is 5.82 Å². The molecule has 6 nitrogen and oxygen atoms in total. The Labute approximate surface area is 201 Å². The monoisotopic (exact) mass is 475 g/mol. The van der Waals surface area contributed by atoms with Crippen molar-refractivity contribution in [1.82, 2.24) is 20.2 Å². The highest BCUT2D eigenvalue weighted by atomic mass is 35.5. The maximum Gasteiger partial charge on any atom is 0.230 e. The van der Waals surface area contributed by atoms with Crippen molar-refractivity contribution in [2.75, 3.05) is 36.8 Å². The molecule has 1 fully saturated rings. The molecule has 1 N–H and O–H groups in total. The van der Waals surface area contributed by atoms with E-state index in [2.05, 4.69) is 63.2 Å². The smallest absolute Gasteiger partial charge is 0.230 e. The number of piperidine rings is 1. The molecule has 1 saturated heterocycles. The molecule has 0 spiro atoms. The molecule has 1 amide bonds. The van der Waals surface area contributed by atoms with E-state index in [4.69, 9.17) is 11.6 Å². The zero-order chi connectivity index (χ0) is 22.8. The van der Waals surface area contributed by atoms with Gasteiger partial charge in [-0.25, -0.2) is 9.97 Å². The fraction of sp³-hybridized carbons (Fsp3) is 0.542. The van der Waals surface area contributed by atoms with Gasteiger partial charge in [0, 0.05) is 44.8 Å². The van der Waals surface area contributed by atoms with Crippen LogP contribution in [0.5, 0.6) is 0 Å². The van der Waals surface area contributed by atoms with Gasteiger partial charge in [-0.05, 0) is 31.2 Å². The first-order valence-corrected chi connectivity index (χ1v) is 12.9. The van der Waals surface area contributed by atoms with E-state index in [0.717, 1.165) is 64.2 Å². The first kappa shape index (κ1) is 24.8. The molecule has 8 heteroatoms. The van der Waals surface area contributed by atoms with Crippen LogP contribution < -0.4 is 10.2 Å². The van der Waals surface area contributed by atoms with Gasteiger partial charge in [-0.1, -0.05) is 67.5 Å². The van der Waals surface area contributed by atoms with Crippen LogP contribution in [0.1, 0.15) is 45.1 Å². The van der Waals surface area contributed by atoms with Gasteiger partial charge in [0.25, 0.3) is 0 Å². The van der Waals surface area contributed by atoms with Gasteiger partial charge in [0.1, 0.15) is 11.0 Å². The minimum atomic E-state index is 0.0283. The van der Waals surface area contributed by atoms with E-state index in [9.17, 15) is 4.79 Å². The first-order chi connectivity index (χ1) is 15.6. The number of aromatic nitrogens is 2. The second kappa shape index (κ2) is 13.0. The number of nitrogens with zero attached hydrogens (tertiary/aromatic N) is 4. The number of benzene rings is 1. The molecule has 0 unspecified atom stereocenters. The number of thioether (sulfide) groups is 1. The minimum absolute atomic E-state index is 0.0283. The number of hydrogen-bond acceptors (Lipinski definition) is 6. The molecule has 0 saturated carbocycles. The molecule has 2 aromatic rings. The van der Waals surface area contributed by atoms with Crippen molar-refractivity contribution in [3.05, 3.63) is 47.1 Å². The normalized spacial score (nSPS) is 15.0. The summed E-state index contributed by atoms with van der Waals surface area (Å²) in [4.78, 5) is 26.2. The van der Waals surface area contributed by atoms with Gasteiger partial charge in [-0.3, -0.25) is 9.69 Å². The summed E-state index contributed by atoms with van der Waals surface area (Å²) in [5, 5.41) is 4.15. The molecule has 0 aliphatic carbocycles. The van der Waals surface area contributed by atoms with E-state index in [-0.39, 0.29) is 11.9 Å². The maximum absolute atomic E-state index is 12.5. The lowest BCUT2D eigenvalue weighted by atomic mass is 10.0. The Kier molecular flexibility index (Phi) is 10.1. The van der Waals surface area contributed by atoms with E-state index in [0.29, 0.717) is 16.1 Å². The fourth-order valence-corrected chi connectivity index (χ4v) is 4.86. The van der Waals surface area contributed by atoms with Crippen LogP contribution in [0.25, 0.3) is 0 Å². The summed E-state index contributed by atoms with van der Waals surface area (Å²) < 4.78 is 0. The summed E-state index contributed by atoms with van der Waals surface area (Å²) in [5.41, 5.74) is 1.34. The van der Waals surface area contributed by atoms with Crippen molar-refractivity contribution in [2.45, 2.75) is 57.3 Å². The van der Waals surface area contributed by atoms with Crippen LogP contribution in [0.3, 0.4) is 0 Å². The molecule has 0 atom stereocenters. The zero-order valence-electron chi connectivity index (χ0n) is 19.1. The van der Waals surface area contributed by atoms with Gasteiger partial charge in [-0.15, -0.1) is 0 Å². The lowest BCUT2D eigenvalue weighted by Gasteiger charge is -2.32. The Morgan fingerprint density at radius 1 is 1.16 bits per heavy atom. The van der Waals surface area contributed by atoms with Crippen LogP contribution in [0.2, 0.25) is 5.15 Å². The quantitative estimate of drug-likeness (QED) is 0.290. The number of rotatable bonds is 11. The topological polar surface area (TPSA) is 61.4 Å². The number of nitrogens with one attached hydrogen (secondary N) is 1. The summed E-state index contributed by atoms with van der Waals surface area (Å²) in [7, 11) is 0. The van der Waals surface area contributed by atoms with Gasteiger partial charge in [0.15, 0.2) is 5.16 Å². The third-order valence-electron chi connectivity index (χ3n) is 5.51. The number of hydrogen-bond donors (Lipinski definition) is 1. The summed E-state index contributed by atoms with van der Waals surface area (Å²) in [6.07, 6.45) is 4.03. The molecular weight excluding hydrogens is 442 g/mol. The number of halogens is 1. The first-order valence-electron chi connectivity index (χ1n) is 11.5. The molecule has 1 aromatic heterocycles. The van der Waals surface area contributed by atoms with Gasteiger partial charge >= 0.3 is 0 Å². The van der Waals surface area contributed by atoms with Crippen LogP contribution in [-0.4, -0.2) is 58.7 Å². The average molecular weight is 476 g/mol. The fourth-order valence-electron chi connectivity index (χ4n) is 3.97. The highest BCUT2D eigenvalue weighted by molar-refractivity contribution is 7.99. The highest BCUT2D eigenvalue weighted by Crippen LogP contribution is 2.22. The van der Waals surface area contributed by atoms with Crippen LogP contribution in [0, 0.1) is 0 Å². The molecule has 174 valence electrons. The predicted octanol–water partition coefficient (Wildman–Crippen LogP) is 4.63. The van der Waals surface area contributed by atoms with Gasteiger partial charge in [-0.2, -0.15) is 0 Å². The number of carbonyl (C=O) groups excluding carboxylic acids is 1. The number of likely N-dealkylation sites (tertiary alicyclic amines) is 1. The van der Waals surface area contributed by atoms with E-state index < -0.39 is 0 Å². The Balaban J connectivity index is 1.45. The lowest BCUT2D eigenvalue weighted by molar-refractivity contribution is -0.119. The molecule has 1 aliphatic rings. The number of amides is 1. The SMILES string of the molecule is CCCN(CCC)c1cc(Cl)nc(SCC(=O)NC2CCN(Cc3ccccc3)CC2)n1. The summed E-state index contributed by atoms with van der Waals surface area (Å²) in [6.45, 7) is 9.12. The van der Waals surface area contributed by atoms with Crippen molar-refractivity contribution in [3.63, 3.8) is 0 Å². The van der Waals surface area contributed by atoms with Crippen molar-refractivity contribution < 1.29 is 4.79 Å². The van der Waals surface area contributed by atoms with Gasteiger partial charge in [0.05, 0.1) is 5.75 Å². The van der Waals surface area contributed by atoms with E-state index in [1.165, 1.54) is 17.3 Å². The molecule has 32 heavy (non-hydrogen) atoms. The van der Waals surface area contributed by atoms with E-state index >= 15 is 0 Å². The molecule has 0 radical (unpaired) electrons. The van der Waals surface area contributed by atoms with Crippen molar-refractivity contribution in [2.24, 2.45) is 0 Å². The highest BCUT2D eigenvalue weighted by Gasteiger charge is 2.21. The van der Waals surface area contributed by atoms with Crippen molar-refractivity contribution >= 4 is 35.1 Å². The second-order valence-electron chi connectivity index (χ2n) is 8.21. The molecule has 0 bridgehead atoms. The van der Waals surface area contributed by atoms with Crippen molar-refractivity contribution in [1.29, 1.82) is 0 Å². The minimum Gasteiger partial charge on any atom is -0.356 e. The maximum atomic E-state index is 12.5. The van der Waals surface area contributed by atoms with Crippen LogP contribution >= 0.6 is 23.4 Å². The third-order valence-corrected chi connectivity index (χ3v) is 6.55. The summed E-state index contributed by atoms with van der Waals surface area (Å²) >= 11 is 7.59. The predicted molar refractivity (Wildman–Crippen MR) is 133 cm³/mol. The second-order valence-corrected chi connectivity index (χ2v) is 9.54.